The molecule has 2 rings (SSSR count). The summed E-state index contributed by atoms with van der Waals surface area (Å²) in [6.07, 6.45) is 0. The van der Waals surface area contributed by atoms with Gasteiger partial charge in [0.05, 0.1) is 6.61 Å². The van der Waals surface area contributed by atoms with Gasteiger partial charge in [0.15, 0.2) is 11.6 Å². The van der Waals surface area contributed by atoms with Crippen LogP contribution in [0.3, 0.4) is 0 Å². The van der Waals surface area contributed by atoms with Crippen LogP contribution in [0.25, 0.3) is 0 Å². The molecule has 0 aliphatic heterocycles. The van der Waals surface area contributed by atoms with Gasteiger partial charge in [0.1, 0.15) is 11.6 Å². The molecular formula is C12H12FNO2S. The molecule has 0 aliphatic carbocycles. The number of rotatable bonds is 4. The van der Waals surface area contributed by atoms with Gasteiger partial charge < -0.3 is 9.84 Å². The van der Waals surface area contributed by atoms with E-state index in [1.165, 1.54) is 17.4 Å². The van der Waals surface area contributed by atoms with Crippen molar-refractivity contribution in [1.29, 1.82) is 0 Å². The summed E-state index contributed by atoms with van der Waals surface area (Å²) in [5, 5.41) is 11.8. The Morgan fingerprint density at radius 1 is 1.47 bits per heavy atom. The topological polar surface area (TPSA) is 42.4 Å². The van der Waals surface area contributed by atoms with E-state index in [0.717, 1.165) is 10.7 Å². The quantitative estimate of drug-likeness (QED) is 0.910. The molecule has 0 radical (unpaired) electrons. The lowest BCUT2D eigenvalue weighted by Crippen LogP contribution is -2.01. The number of benzene rings is 1. The third-order valence-electron chi connectivity index (χ3n) is 2.23. The van der Waals surface area contributed by atoms with E-state index in [2.05, 4.69) is 4.98 Å². The van der Waals surface area contributed by atoms with Crippen LogP contribution in [0.4, 0.5) is 4.39 Å². The van der Waals surface area contributed by atoms with Gasteiger partial charge in [-0.25, -0.2) is 9.37 Å². The van der Waals surface area contributed by atoms with Crippen LogP contribution in [-0.2, 0) is 13.2 Å². The number of hydrogen-bond acceptors (Lipinski definition) is 4. The van der Waals surface area contributed by atoms with Gasteiger partial charge in [-0.2, -0.15) is 0 Å². The Kier molecular flexibility index (Phi) is 3.71. The Bertz CT molecular complexity index is 513. The number of nitrogens with zero attached hydrogens (tertiary/aromatic N) is 1. The number of aryl methyl sites for hydroxylation is 1. The van der Waals surface area contributed by atoms with Crippen molar-refractivity contribution in [1.82, 2.24) is 4.98 Å². The number of aliphatic hydroxyl groups is 1. The van der Waals surface area contributed by atoms with E-state index in [-0.39, 0.29) is 19.0 Å². The average molecular weight is 253 g/mol. The molecule has 0 aliphatic rings. The first-order valence-electron chi connectivity index (χ1n) is 5.12. The predicted octanol–water partition coefficient (Wildman–Crippen LogP) is 2.66. The molecule has 0 spiro atoms. The first kappa shape index (κ1) is 12.0. The van der Waals surface area contributed by atoms with E-state index in [0.29, 0.717) is 5.56 Å². The molecule has 0 fully saturated rings. The molecule has 0 amide bonds. The van der Waals surface area contributed by atoms with Crippen molar-refractivity contribution in [3.8, 4) is 5.75 Å². The van der Waals surface area contributed by atoms with Gasteiger partial charge in [0.2, 0.25) is 0 Å². The van der Waals surface area contributed by atoms with Crippen LogP contribution in [0, 0.1) is 12.7 Å². The highest BCUT2D eigenvalue weighted by Gasteiger charge is 2.10. The second-order valence-corrected chi connectivity index (χ2v) is 4.50. The Morgan fingerprint density at radius 3 is 2.94 bits per heavy atom. The summed E-state index contributed by atoms with van der Waals surface area (Å²) < 4.78 is 18.9. The number of halogens is 1. The maximum atomic E-state index is 13.5. The first-order chi connectivity index (χ1) is 8.20. The largest absolute Gasteiger partial charge is 0.483 e. The SMILES string of the molecule is Cc1csc(COc2c(F)cccc2CO)n1. The molecule has 90 valence electrons. The molecule has 0 saturated carbocycles. The summed E-state index contributed by atoms with van der Waals surface area (Å²) in [4.78, 5) is 4.22. The van der Waals surface area contributed by atoms with Crippen molar-refractivity contribution in [2.75, 3.05) is 0 Å². The molecule has 0 saturated heterocycles. The summed E-state index contributed by atoms with van der Waals surface area (Å²) in [6.45, 7) is 1.86. The number of hydrogen-bond donors (Lipinski definition) is 1. The smallest absolute Gasteiger partial charge is 0.165 e. The molecule has 1 aromatic carbocycles. The number of ether oxygens (including phenoxy) is 1. The molecule has 5 heteroatoms. The van der Waals surface area contributed by atoms with Crippen LogP contribution < -0.4 is 4.74 Å². The van der Waals surface area contributed by atoms with E-state index < -0.39 is 5.82 Å². The molecule has 17 heavy (non-hydrogen) atoms. The van der Waals surface area contributed by atoms with Gasteiger partial charge in [0, 0.05) is 16.6 Å². The van der Waals surface area contributed by atoms with Crippen LogP contribution in [0.5, 0.6) is 5.75 Å². The normalized spacial score (nSPS) is 10.5. The number of aliphatic hydroxyl groups excluding tert-OH is 1. The Hall–Kier alpha value is -1.46. The minimum Gasteiger partial charge on any atom is -0.483 e. The fourth-order valence-electron chi connectivity index (χ4n) is 1.44. The van der Waals surface area contributed by atoms with E-state index in [1.807, 2.05) is 12.3 Å². The molecule has 1 N–H and O–H groups in total. The fourth-order valence-corrected chi connectivity index (χ4v) is 2.13. The fraction of sp³-hybridized carbons (Fsp3) is 0.250. The van der Waals surface area contributed by atoms with Gasteiger partial charge in [-0.05, 0) is 13.0 Å². The van der Waals surface area contributed by atoms with Gasteiger partial charge in [-0.3, -0.25) is 0 Å². The Morgan fingerprint density at radius 2 is 2.29 bits per heavy atom. The van der Waals surface area contributed by atoms with Crippen LogP contribution in [0.2, 0.25) is 0 Å². The van der Waals surface area contributed by atoms with Crippen LogP contribution in [-0.4, -0.2) is 10.1 Å². The van der Waals surface area contributed by atoms with E-state index in [4.69, 9.17) is 9.84 Å². The molecule has 2 aromatic rings. The average Bonchev–Trinajstić information content (AvgIpc) is 2.73. The maximum absolute atomic E-state index is 13.5. The first-order valence-corrected chi connectivity index (χ1v) is 6.00. The number of thiazole rings is 1. The molecular weight excluding hydrogens is 241 g/mol. The highest BCUT2D eigenvalue weighted by atomic mass is 32.1. The minimum absolute atomic E-state index is 0.0999. The molecule has 0 atom stereocenters. The number of para-hydroxylation sites is 1. The lowest BCUT2D eigenvalue weighted by atomic mass is 10.2. The summed E-state index contributed by atoms with van der Waals surface area (Å²) >= 11 is 1.47. The lowest BCUT2D eigenvalue weighted by molar-refractivity contribution is 0.251. The zero-order valence-electron chi connectivity index (χ0n) is 9.31. The van der Waals surface area contributed by atoms with Crippen LogP contribution in [0.15, 0.2) is 23.6 Å². The third-order valence-corrected chi connectivity index (χ3v) is 3.17. The Labute approximate surface area is 103 Å². The summed E-state index contributed by atoms with van der Waals surface area (Å²) in [6, 6.07) is 4.48. The molecule has 3 nitrogen and oxygen atoms in total. The van der Waals surface area contributed by atoms with Gasteiger partial charge >= 0.3 is 0 Å². The molecule has 0 bridgehead atoms. The molecule has 1 heterocycles. The van der Waals surface area contributed by atoms with E-state index in [1.54, 1.807) is 12.1 Å². The minimum atomic E-state index is -0.468. The highest BCUT2D eigenvalue weighted by molar-refractivity contribution is 7.09. The van der Waals surface area contributed by atoms with Crippen molar-refractivity contribution in [3.05, 3.63) is 45.7 Å². The highest BCUT2D eigenvalue weighted by Crippen LogP contribution is 2.24. The Balaban J connectivity index is 2.13. The standard InChI is InChI=1S/C12H12FNO2S/c1-8-7-17-11(14-8)6-16-12-9(5-15)3-2-4-10(12)13/h2-4,7,15H,5-6H2,1H3. The molecule has 1 aromatic heterocycles. The maximum Gasteiger partial charge on any atom is 0.165 e. The summed E-state index contributed by atoms with van der Waals surface area (Å²) in [5.41, 5.74) is 1.36. The zero-order chi connectivity index (χ0) is 12.3. The van der Waals surface area contributed by atoms with E-state index in [9.17, 15) is 4.39 Å². The van der Waals surface area contributed by atoms with E-state index >= 15 is 0 Å². The van der Waals surface area contributed by atoms with Crippen molar-refractivity contribution in [2.45, 2.75) is 20.1 Å². The van der Waals surface area contributed by atoms with Crippen LogP contribution >= 0.6 is 11.3 Å². The van der Waals surface area contributed by atoms with Gasteiger partial charge in [0.25, 0.3) is 0 Å². The monoisotopic (exact) mass is 253 g/mol. The summed E-state index contributed by atoms with van der Waals surface area (Å²) in [5.74, 6) is -0.368. The van der Waals surface area contributed by atoms with Gasteiger partial charge in [-0.1, -0.05) is 12.1 Å². The van der Waals surface area contributed by atoms with Crippen molar-refractivity contribution < 1.29 is 14.2 Å². The van der Waals surface area contributed by atoms with Crippen molar-refractivity contribution in [3.63, 3.8) is 0 Å². The third kappa shape index (κ3) is 2.81. The number of aromatic nitrogens is 1. The molecule has 0 unspecified atom stereocenters. The predicted molar refractivity (Wildman–Crippen MR) is 63.5 cm³/mol. The zero-order valence-corrected chi connectivity index (χ0v) is 10.1. The second-order valence-electron chi connectivity index (χ2n) is 3.56. The van der Waals surface area contributed by atoms with Gasteiger partial charge in [-0.15, -0.1) is 11.3 Å². The second kappa shape index (κ2) is 5.25. The van der Waals surface area contributed by atoms with Crippen molar-refractivity contribution >= 4 is 11.3 Å². The van der Waals surface area contributed by atoms with Crippen LogP contribution in [0.1, 0.15) is 16.3 Å². The lowest BCUT2D eigenvalue weighted by Gasteiger charge is -2.09. The summed E-state index contributed by atoms with van der Waals surface area (Å²) in [7, 11) is 0. The van der Waals surface area contributed by atoms with Crippen molar-refractivity contribution in [2.24, 2.45) is 0 Å².